The van der Waals surface area contributed by atoms with Gasteiger partial charge in [0.15, 0.2) is 0 Å². The van der Waals surface area contributed by atoms with Crippen molar-refractivity contribution in [3.05, 3.63) is 103 Å². The van der Waals surface area contributed by atoms with Crippen molar-refractivity contribution in [2.75, 3.05) is 31.6 Å². The first-order chi connectivity index (χ1) is 20.4. The molecule has 0 spiro atoms. The molecule has 0 unspecified atom stereocenters. The van der Waals surface area contributed by atoms with Crippen LogP contribution >= 0.6 is 0 Å². The maximum Gasteiger partial charge on any atom is 0.337 e. The normalized spacial score (nSPS) is 14.0. The molecule has 42 heavy (non-hydrogen) atoms. The van der Waals surface area contributed by atoms with Gasteiger partial charge >= 0.3 is 5.97 Å². The highest BCUT2D eigenvalue weighted by Gasteiger charge is 2.30. The van der Waals surface area contributed by atoms with Gasteiger partial charge in [0.2, 0.25) is 15.9 Å². The lowest BCUT2D eigenvalue weighted by Gasteiger charge is -2.27. The Kier molecular flexibility index (Phi) is 7.53. The van der Waals surface area contributed by atoms with Gasteiger partial charge in [0.1, 0.15) is 10.6 Å². The predicted molar refractivity (Wildman–Crippen MR) is 158 cm³/mol. The molecule has 3 heterocycles. The van der Waals surface area contributed by atoms with Gasteiger partial charge < -0.3 is 19.9 Å². The molecular weight excluding hydrogens is 556 g/mol. The Morgan fingerprint density at radius 3 is 2.36 bits per heavy atom. The van der Waals surface area contributed by atoms with Crippen molar-refractivity contribution in [2.24, 2.45) is 0 Å². The fraction of sp³-hybridized carbons (Fsp3) is 0.129. The minimum absolute atomic E-state index is 0.00606. The molecule has 0 radical (unpaired) electrons. The zero-order chi connectivity index (χ0) is 29.1. The van der Waals surface area contributed by atoms with Crippen LogP contribution in [0.25, 0.3) is 22.0 Å². The second-order valence-electron chi connectivity index (χ2n) is 9.52. The molecule has 0 saturated carbocycles. The van der Waals surface area contributed by atoms with E-state index >= 15 is 0 Å². The molecule has 0 aliphatic carbocycles. The number of carboxylic acid groups (broad SMARTS) is 1. The number of fused-ring (bicyclic) bond motifs is 1. The molecule has 0 amide bonds. The van der Waals surface area contributed by atoms with Crippen molar-refractivity contribution < 1.29 is 27.8 Å². The molecule has 3 aromatic carbocycles. The second-order valence-corrected chi connectivity index (χ2v) is 11.4. The number of carboxylic acids is 1. The quantitative estimate of drug-likeness (QED) is 0.242. The van der Waals surface area contributed by atoms with Gasteiger partial charge in [0.25, 0.3) is 0 Å². The zero-order valence-corrected chi connectivity index (χ0v) is 23.1. The third-order valence-corrected chi connectivity index (χ3v) is 8.78. The standard InChI is InChI=1S/C31H26N4O6S/c36-31(37)24-8-4-5-9-27(24)34-30-25-18-21(22-11-13-29(33-19-22)41-23-6-2-1-3-7-23)10-12-26(25)32-20-28(30)42(38,39)35-14-16-40-17-15-35/h1-13,18-20H,14-17H2,(H,32,34)(H,36,37). The SMILES string of the molecule is O=C(O)c1ccccc1Nc1c(S(=O)(=O)N2CCOCC2)cnc2ccc(-c3ccc(Oc4ccccc4)nc3)cc12. The summed E-state index contributed by atoms with van der Waals surface area (Å²) in [7, 11) is -4.00. The Morgan fingerprint density at radius 2 is 1.62 bits per heavy atom. The maximum absolute atomic E-state index is 13.9. The number of ether oxygens (including phenoxy) is 2. The molecule has 1 fully saturated rings. The number of aromatic nitrogens is 2. The molecule has 1 aliphatic heterocycles. The van der Waals surface area contributed by atoms with Crippen LogP contribution in [0.15, 0.2) is 102 Å². The number of sulfonamides is 1. The van der Waals surface area contributed by atoms with Crippen molar-refractivity contribution in [1.82, 2.24) is 14.3 Å². The molecule has 212 valence electrons. The number of pyridine rings is 2. The van der Waals surface area contributed by atoms with Crippen LogP contribution in [0.2, 0.25) is 0 Å². The number of hydrogen-bond acceptors (Lipinski definition) is 8. The molecule has 2 aromatic heterocycles. The zero-order valence-electron chi connectivity index (χ0n) is 22.3. The van der Waals surface area contributed by atoms with Crippen LogP contribution in [-0.2, 0) is 14.8 Å². The third kappa shape index (κ3) is 5.53. The summed E-state index contributed by atoms with van der Waals surface area (Å²) in [4.78, 5) is 20.8. The number of anilines is 2. The van der Waals surface area contributed by atoms with E-state index in [4.69, 9.17) is 9.47 Å². The summed E-state index contributed by atoms with van der Waals surface area (Å²) in [5.74, 6) is -0.0431. The number of morpholine rings is 1. The van der Waals surface area contributed by atoms with E-state index in [1.807, 2.05) is 48.5 Å². The van der Waals surface area contributed by atoms with Gasteiger partial charge in [-0.25, -0.2) is 18.2 Å². The largest absolute Gasteiger partial charge is 0.478 e. The number of carbonyl (C=O) groups is 1. The Balaban J connectivity index is 1.45. The molecule has 0 atom stereocenters. The summed E-state index contributed by atoms with van der Waals surface area (Å²) >= 11 is 0. The van der Waals surface area contributed by atoms with Crippen LogP contribution in [0.1, 0.15) is 10.4 Å². The van der Waals surface area contributed by atoms with E-state index in [0.29, 0.717) is 22.5 Å². The molecule has 1 saturated heterocycles. The van der Waals surface area contributed by atoms with Crippen LogP contribution in [0, 0.1) is 0 Å². The first kappa shape index (κ1) is 27.3. The maximum atomic E-state index is 13.9. The summed E-state index contributed by atoms with van der Waals surface area (Å²) in [5.41, 5.74) is 2.57. The first-order valence-corrected chi connectivity index (χ1v) is 14.6. The predicted octanol–water partition coefficient (Wildman–Crippen LogP) is 5.55. The molecule has 0 bridgehead atoms. The average Bonchev–Trinajstić information content (AvgIpc) is 3.02. The number of nitrogens with one attached hydrogen (secondary N) is 1. The van der Waals surface area contributed by atoms with E-state index in [1.165, 1.54) is 16.6 Å². The fourth-order valence-electron chi connectivity index (χ4n) is 4.74. The highest BCUT2D eigenvalue weighted by Crippen LogP contribution is 2.37. The molecular formula is C31H26N4O6S. The van der Waals surface area contributed by atoms with Crippen LogP contribution in [0.5, 0.6) is 11.6 Å². The van der Waals surface area contributed by atoms with E-state index in [2.05, 4.69) is 15.3 Å². The summed E-state index contributed by atoms with van der Waals surface area (Å²) in [6.45, 7) is 0.973. The van der Waals surface area contributed by atoms with Crippen molar-refractivity contribution >= 4 is 38.3 Å². The Bertz CT molecular complexity index is 1860. The van der Waals surface area contributed by atoms with Gasteiger partial charge in [-0.3, -0.25) is 4.98 Å². The van der Waals surface area contributed by atoms with Crippen LogP contribution in [-0.4, -0.2) is 60.1 Å². The van der Waals surface area contributed by atoms with Gasteiger partial charge in [-0.15, -0.1) is 0 Å². The summed E-state index contributed by atoms with van der Waals surface area (Å²) in [5, 5.41) is 13.4. The monoisotopic (exact) mass is 582 g/mol. The number of hydrogen-bond donors (Lipinski definition) is 2. The van der Waals surface area contributed by atoms with Crippen LogP contribution in [0.4, 0.5) is 11.4 Å². The summed E-state index contributed by atoms with van der Waals surface area (Å²) in [6, 6.07) is 24.8. The average molecular weight is 583 g/mol. The Labute approximate surface area is 242 Å². The van der Waals surface area contributed by atoms with Gasteiger partial charge in [0, 0.05) is 42.5 Å². The number of nitrogens with zero attached hydrogens (tertiary/aromatic N) is 3. The van der Waals surface area contributed by atoms with Crippen molar-refractivity contribution in [3.8, 4) is 22.8 Å². The van der Waals surface area contributed by atoms with Gasteiger partial charge in [0.05, 0.1) is 35.7 Å². The van der Waals surface area contributed by atoms with Crippen molar-refractivity contribution in [3.63, 3.8) is 0 Å². The molecule has 2 N–H and O–H groups in total. The molecule has 11 heteroatoms. The summed E-state index contributed by atoms with van der Waals surface area (Å²) < 4.78 is 40.2. The molecule has 6 rings (SSSR count). The molecule has 1 aliphatic rings. The van der Waals surface area contributed by atoms with Crippen LogP contribution in [0.3, 0.4) is 0 Å². The van der Waals surface area contributed by atoms with E-state index in [0.717, 1.165) is 11.1 Å². The smallest absolute Gasteiger partial charge is 0.337 e. The van der Waals surface area contributed by atoms with E-state index in [-0.39, 0.29) is 48.1 Å². The van der Waals surface area contributed by atoms with Gasteiger partial charge in [-0.2, -0.15) is 4.31 Å². The highest BCUT2D eigenvalue weighted by atomic mass is 32.2. The second kappa shape index (κ2) is 11.6. The Hall–Kier alpha value is -4.84. The lowest BCUT2D eigenvalue weighted by Crippen LogP contribution is -2.40. The third-order valence-electron chi connectivity index (χ3n) is 6.87. The number of aromatic carboxylic acids is 1. The first-order valence-electron chi connectivity index (χ1n) is 13.2. The lowest BCUT2D eigenvalue weighted by molar-refractivity contribution is 0.0698. The van der Waals surface area contributed by atoms with Gasteiger partial charge in [-0.1, -0.05) is 36.4 Å². The van der Waals surface area contributed by atoms with Crippen molar-refractivity contribution in [1.29, 1.82) is 0 Å². The fourth-order valence-corrected chi connectivity index (χ4v) is 6.25. The topological polar surface area (TPSA) is 131 Å². The van der Waals surface area contributed by atoms with Gasteiger partial charge in [-0.05, 0) is 48.0 Å². The van der Waals surface area contributed by atoms with E-state index in [1.54, 1.807) is 36.5 Å². The summed E-state index contributed by atoms with van der Waals surface area (Å²) in [6.07, 6.45) is 2.99. The number of benzene rings is 3. The highest BCUT2D eigenvalue weighted by molar-refractivity contribution is 7.89. The lowest BCUT2D eigenvalue weighted by atomic mass is 10.0. The van der Waals surface area contributed by atoms with E-state index < -0.39 is 16.0 Å². The number of rotatable bonds is 8. The van der Waals surface area contributed by atoms with Crippen molar-refractivity contribution in [2.45, 2.75) is 4.90 Å². The molecule has 5 aromatic rings. The number of para-hydroxylation sites is 2. The minimum Gasteiger partial charge on any atom is -0.478 e. The minimum atomic E-state index is -4.00. The van der Waals surface area contributed by atoms with E-state index in [9.17, 15) is 18.3 Å². The molecule has 10 nitrogen and oxygen atoms in total. The Morgan fingerprint density at radius 1 is 0.881 bits per heavy atom. The van der Waals surface area contributed by atoms with Crippen LogP contribution < -0.4 is 10.1 Å².